The third-order valence-electron chi connectivity index (χ3n) is 3.12. The molecule has 0 fully saturated rings. The molecule has 2 aromatic rings. The molecule has 2 N–H and O–H groups in total. The van der Waals surface area contributed by atoms with Crippen molar-refractivity contribution in [1.82, 2.24) is 0 Å². The Hall–Kier alpha value is -1.97. The van der Waals surface area contributed by atoms with Crippen molar-refractivity contribution in [2.45, 2.75) is 12.4 Å². The second kappa shape index (κ2) is 7.73. The zero-order valence-electron chi connectivity index (χ0n) is 13.1. The summed E-state index contributed by atoms with van der Waals surface area (Å²) in [5.74, 6) is 0. The van der Waals surface area contributed by atoms with Crippen LogP contribution in [-0.4, -0.2) is 19.6 Å². The van der Waals surface area contributed by atoms with Crippen LogP contribution in [0.15, 0.2) is 47.6 Å². The maximum Gasteiger partial charge on any atom is 0.516 e. The first-order chi connectivity index (χ1) is 12.0. The summed E-state index contributed by atoms with van der Waals surface area (Å²) in [4.78, 5) is 0. The van der Waals surface area contributed by atoms with E-state index in [1.165, 1.54) is 23.8 Å². The molecule has 5 nitrogen and oxygen atoms in total. The minimum atomic E-state index is -5.57. The van der Waals surface area contributed by atoms with Crippen LogP contribution in [0.1, 0.15) is 12.5 Å². The van der Waals surface area contributed by atoms with E-state index in [2.05, 4.69) is 10.5 Å². The minimum absolute atomic E-state index is 0.0896. The lowest BCUT2D eigenvalue weighted by Crippen LogP contribution is -2.30. The van der Waals surface area contributed by atoms with E-state index >= 15 is 0 Å². The smallest absolute Gasteiger partial charge is 0.278 e. The molecule has 0 spiro atoms. The average Bonchev–Trinajstić information content (AvgIpc) is 2.54. The normalized spacial score (nSPS) is 12.8. The van der Waals surface area contributed by atoms with Gasteiger partial charge in [0.1, 0.15) is 0 Å². The summed E-state index contributed by atoms with van der Waals surface area (Å²) in [6, 6.07) is 10.2. The third-order valence-corrected chi connectivity index (χ3v) is 4.70. The van der Waals surface area contributed by atoms with Gasteiger partial charge in [-0.05, 0) is 49.4 Å². The molecule has 0 aliphatic carbocycles. The Balaban J connectivity index is 2.34. The van der Waals surface area contributed by atoms with Crippen molar-refractivity contribution in [3.05, 3.63) is 58.1 Å². The molecule has 0 amide bonds. The van der Waals surface area contributed by atoms with Gasteiger partial charge in [0.15, 0.2) is 0 Å². The first-order valence-corrected chi connectivity index (χ1v) is 9.18. The molecule has 0 saturated carbocycles. The van der Waals surface area contributed by atoms with Crippen LogP contribution in [0.2, 0.25) is 10.0 Å². The molecule has 2 rings (SSSR count). The monoisotopic (exact) mass is 425 g/mol. The van der Waals surface area contributed by atoms with Crippen LogP contribution in [0.3, 0.4) is 0 Å². The number of halogens is 5. The Bertz CT molecular complexity index is 930. The molecule has 0 aromatic heterocycles. The number of alkyl halides is 3. The van der Waals surface area contributed by atoms with Gasteiger partial charge in [-0.3, -0.25) is 10.1 Å². The second-order valence-corrected chi connectivity index (χ2v) is 7.60. The summed E-state index contributed by atoms with van der Waals surface area (Å²) < 4.78 is 62.0. The van der Waals surface area contributed by atoms with Crippen molar-refractivity contribution in [2.24, 2.45) is 5.10 Å². The van der Waals surface area contributed by atoms with E-state index in [4.69, 9.17) is 23.2 Å². The van der Waals surface area contributed by atoms with Gasteiger partial charge in [0.25, 0.3) is 0 Å². The highest BCUT2D eigenvalue weighted by Crippen LogP contribution is 2.29. The van der Waals surface area contributed by atoms with E-state index in [-0.39, 0.29) is 22.0 Å². The molecule has 0 saturated heterocycles. The highest BCUT2D eigenvalue weighted by molar-refractivity contribution is 7.93. The van der Waals surface area contributed by atoms with E-state index in [9.17, 15) is 21.6 Å². The van der Waals surface area contributed by atoms with E-state index in [1.54, 1.807) is 24.3 Å². The van der Waals surface area contributed by atoms with Gasteiger partial charge in [-0.25, -0.2) is 0 Å². The predicted molar refractivity (Wildman–Crippen MR) is 97.3 cm³/mol. The zero-order chi connectivity index (χ0) is 19.5. The number of sulfonamides is 1. The molecule has 0 unspecified atom stereocenters. The lowest BCUT2D eigenvalue weighted by molar-refractivity contribution is -0.0429. The van der Waals surface area contributed by atoms with Crippen LogP contribution in [-0.2, 0) is 10.0 Å². The molecule has 0 aliphatic heterocycles. The number of rotatable bonds is 5. The molecular formula is C15H12Cl2F3N3O2S. The molecule has 0 bridgehead atoms. The van der Waals surface area contributed by atoms with Gasteiger partial charge in [0.05, 0.1) is 17.1 Å². The maximum absolute atomic E-state index is 12.6. The molecule has 11 heteroatoms. The number of anilines is 2. The number of hydrazone groups is 1. The van der Waals surface area contributed by atoms with E-state index in [0.29, 0.717) is 10.7 Å². The Kier molecular flexibility index (Phi) is 6.05. The second-order valence-electron chi connectivity index (χ2n) is 5.06. The molecular weight excluding hydrogens is 414 g/mol. The van der Waals surface area contributed by atoms with Gasteiger partial charge in [0, 0.05) is 15.6 Å². The van der Waals surface area contributed by atoms with Gasteiger partial charge in [-0.1, -0.05) is 23.2 Å². The van der Waals surface area contributed by atoms with Gasteiger partial charge >= 0.3 is 15.5 Å². The largest absolute Gasteiger partial charge is 0.516 e. The molecule has 26 heavy (non-hydrogen) atoms. The molecule has 140 valence electrons. The number of benzene rings is 2. The molecule has 0 atom stereocenters. The summed E-state index contributed by atoms with van der Waals surface area (Å²) in [7, 11) is -5.57. The van der Waals surface area contributed by atoms with Crippen LogP contribution in [0.4, 0.5) is 24.5 Å². The van der Waals surface area contributed by atoms with E-state index in [0.717, 1.165) is 6.07 Å². The van der Waals surface area contributed by atoms with Crippen molar-refractivity contribution < 1.29 is 21.6 Å². The first kappa shape index (κ1) is 20.3. The first-order valence-electron chi connectivity index (χ1n) is 6.94. The van der Waals surface area contributed by atoms with Crippen LogP contribution in [0.5, 0.6) is 0 Å². The fourth-order valence-corrected chi connectivity index (χ4v) is 2.72. The van der Waals surface area contributed by atoms with Gasteiger partial charge in [0.2, 0.25) is 0 Å². The summed E-state index contributed by atoms with van der Waals surface area (Å²) in [6.07, 6.45) is 0. The summed E-state index contributed by atoms with van der Waals surface area (Å²) in [6.45, 7) is 1.49. The predicted octanol–water partition coefficient (Wildman–Crippen LogP) is 5.09. The van der Waals surface area contributed by atoms with Crippen LogP contribution >= 0.6 is 23.2 Å². The Morgan fingerprint density at radius 1 is 1.04 bits per heavy atom. The zero-order valence-corrected chi connectivity index (χ0v) is 15.4. The third kappa shape index (κ3) is 5.03. The molecule has 0 heterocycles. The quantitative estimate of drug-likeness (QED) is 0.517. The highest BCUT2D eigenvalue weighted by Gasteiger charge is 2.46. The van der Waals surface area contributed by atoms with Gasteiger partial charge < -0.3 is 0 Å². The van der Waals surface area contributed by atoms with Crippen molar-refractivity contribution in [1.29, 1.82) is 0 Å². The lowest BCUT2D eigenvalue weighted by Gasteiger charge is -2.14. The summed E-state index contributed by atoms with van der Waals surface area (Å²) in [5, 5.41) is 4.76. The van der Waals surface area contributed by atoms with Crippen molar-refractivity contribution in [2.75, 3.05) is 10.1 Å². The standard InChI is InChI=1S/C15H12Cl2F3N3O2S/c1-9(21-22-12-5-2-10(16)3-6-12)13-8-11(17)4-7-14(13)23-26(24,25)15(18,19)20/h2-8,22-23H,1H3/b21-9+. The van der Waals surface area contributed by atoms with Crippen LogP contribution in [0.25, 0.3) is 0 Å². The topological polar surface area (TPSA) is 70.6 Å². The summed E-state index contributed by atoms with van der Waals surface area (Å²) >= 11 is 11.6. The van der Waals surface area contributed by atoms with Crippen LogP contribution < -0.4 is 10.1 Å². The summed E-state index contributed by atoms with van der Waals surface area (Å²) in [5.41, 5.74) is -2.17. The van der Waals surface area contributed by atoms with Crippen molar-refractivity contribution >= 4 is 50.3 Å². The van der Waals surface area contributed by atoms with Gasteiger partial charge in [-0.2, -0.15) is 26.7 Å². The number of hydrogen-bond donors (Lipinski definition) is 2. The average molecular weight is 426 g/mol. The Morgan fingerprint density at radius 3 is 2.19 bits per heavy atom. The minimum Gasteiger partial charge on any atom is -0.278 e. The Labute approximate surface area is 157 Å². The van der Waals surface area contributed by atoms with Gasteiger partial charge in [-0.15, -0.1) is 0 Å². The van der Waals surface area contributed by atoms with E-state index in [1.807, 2.05) is 0 Å². The maximum atomic E-state index is 12.6. The fourth-order valence-electron chi connectivity index (χ4n) is 1.84. The van der Waals surface area contributed by atoms with Crippen molar-refractivity contribution in [3.8, 4) is 0 Å². The van der Waals surface area contributed by atoms with E-state index < -0.39 is 15.5 Å². The number of nitrogens with zero attached hydrogens (tertiary/aromatic N) is 1. The lowest BCUT2D eigenvalue weighted by atomic mass is 10.1. The Morgan fingerprint density at radius 2 is 1.62 bits per heavy atom. The van der Waals surface area contributed by atoms with Crippen LogP contribution in [0, 0.1) is 0 Å². The van der Waals surface area contributed by atoms with Crippen molar-refractivity contribution in [3.63, 3.8) is 0 Å². The molecule has 0 radical (unpaired) electrons. The highest BCUT2D eigenvalue weighted by atomic mass is 35.5. The fraction of sp³-hybridized carbons (Fsp3) is 0.133. The number of nitrogens with one attached hydrogen (secondary N) is 2. The molecule has 0 aliphatic rings. The SMILES string of the molecule is C/C(=N\Nc1ccc(Cl)cc1)c1cc(Cl)ccc1NS(=O)(=O)C(F)(F)F. The molecule has 2 aromatic carbocycles. The number of hydrogen-bond acceptors (Lipinski definition) is 4.